The molecule has 2 rings (SSSR count). The largest absolute Gasteiger partial charge is 0.367 e. The van der Waals surface area contributed by atoms with Crippen molar-refractivity contribution in [3.8, 4) is 0 Å². The summed E-state index contributed by atoms with van der Waals surface area (Å²) < 4.78 is 5.96. The van der Waals surface area contributed by atoms with Gasteiger partial charge in [-0.3, -0.25) is 4.79 Å². The molecule has 0 fully saturated rings. The molecule has 0 spiro atoms. The summed E-state index contributed by atoms with van der Waals surface area (Å²) >= 11 is 0. The molecule has 0 saturated carbocycles. The monoisotopic (exact) mass is 278 g/mol. The lowest BCUT2D eigenvalue weighted by Crippen LogP contribution is -2.34. The van der Waals surface area contributed by atoms with Crippen LogP contribution in [0.5, 0.6) is 0 Å². The molecule has 112 valence electrons. The van der Waals surface area contributed by atoms with Gasteiger partial charge in [-0.2, -0.15) is 0 Å². The van der Waals surface area contributed by atoms with Gasteiger partial charge in [0.1, 0.15) is 11.4 Å². The van der Waals surface area contributed by atoms with E-state index in [0.29, 0.717) is 6.61 Å². The van der Waals surface area contributed by atoms with E-state index in [2.05, 4.69) is 18.8 Å². The van der Waals surface area contributed by atoms with Crippen LogP contribution in [0.4, 0.5) is 0 Å². The van der Waals surface area contributed by atoms with Crippen LogP contribution in [0.25, 0.3) is 0 Å². The van der Waals surface area contributed by atoms with Gasteiger partial charge in [0.05, 0.1) is 5.69 Å². The maximum atomic E-state index is 12.4. The lowest BCUT2D eigenvalue weighted by atomic mass is 9.95. The van der Waals surface area contributed by atoms with Gasteiger partial charge in [0.2, 0.25) is 0 Å². The molecule has 1 aromatic rings. The Bertz CT molecular complexity index is 504. The van der Waals surface area contributed by atoms with Gasteiger partial charge < -0.3 is 9.72 Å². The van der Waals surface area contributed by atoms with Crippen molar-refractivity contribution in [1.29, 1.82) is 0 Å². The number of hydrogen-bond acceptors (Lipinski definition) is 3. The minimum atomic E-state index is -0.449. The molecule has 1 N–H and O–H groups in total. The smallest absolute Gasteiger partial charge is 0.254 e. The summed E-state index contributed by atoms with van der Waals surface area (Å²) in [7, 11) is 0. The Labute approximate surface area is 121 Å². The normalized spacial score (nSPS) is 15.8. The number of hydrogen-bond donors (Lipinski definition) is 1. The number of aromatic amines is 1. The SMILES string of the molecule is CCOC(CC)(CC)c1nc2c(c(=O)[nH]1)CCCCC2. The minimum Gasteiger partial charge on any atom is -0.367 e. The van der Waals surface area contributed by atoms with Gasteiger partial charge >= 0.3 is 0 Å². The number of nitrogens with zero attached hydrogens (tertiary/aromatic N) is 1. The number of ether oxygens (including phenoxy) is 1. The van der Waals surface area contributed by atoms with Crippen molar-refractivity contribution in [3.05, 3.63) is 27.4 Å². The van der Waals surface area contributed by atoms with Gasteiger partial charge in [0.15, 0.2) is 0 Å². The molecule has 0 unspecified atom stereocenters. The van der Waals surface area contributed by atoms with E-state index < -0.39 is 5.60 Å². The molecule has 1 aliphatic rings. The molecule has 0 atom stereocenters. The number of nitrogens with one attached hydrogen (secondary N) is 1. The van der Waals surface area contributed by atoms with Crippen molar-refractivity contribution in [2.45, 2.75) is 71.3 Å². The van der Waals surface area contributed by atoms with Crippen LogP contribution in [0.3, 0.4) is 0 Å². The van der Waals surface area contributed by atoms with Gasteiger partial charge in [-0.25, -0.2) is 4.98 Å². The molecule has 4 nitrogen and oxygen atoms in total. The van der Waals surface area contributed by atoms with Crippen molar-refractivity contribution >= 4 is 0 Å². The summed E-state index contributed by atoms with van der Waals surface area (Å²) in [6.45, 7) is 6.79. The fraction of sp³-hybridized carbons (Fsp3) is 0.750. The van der Waals surface area contributed by atoms with Crippen molar-refractivity contribution < 1.29 is 4.74 Å². The highest BCUT2D eigenvalue weighted by molar-refractivity contribution is 5.21. The van der Waals surface area contributed by atoms with Crippen molar-refractivity contribution in [2.75, 3.05) is 6.61 Å². The van der Waals surface area contributed by atoms with Crippen LogP contribution in [0.2, 0.25) is 0 Å². The van der Waals surface area contributed by atoms with E-state index in [1.165, 1.54) is 6.42 Å². The highest BCUT2D eigenvalue weighted by Gasteiger charge is 2.33. The summed E-state index contributed by atoms with van der Waals surface area (Å²) in [6, 6.07) is 0. The topological polar surface area (TPSA) is 55.0 Å². The molecule has 0 aliphatic heterocycles. The van der Waals surface area contributed by atoms with E-state index in [-0.39, 0.29) is 5.56 Å². The van der Waals surface area contributed by atoms with Crippen LogP contribution in [-0.4, -0.2) is 16.6 Å². The van der Waals surface area contributed by atoms with Crippen LogP contribution in [-0.2, 0) is 23.2 Å². The van der Waals surface area contributed by atoms with E-state index in [9.17, 15) is 4.79 Å². The average Bonchev–Trinajstić information content (AvgIpc) is 2.70. The molecule has 1 heterocycles. The number of aromatic nitrogens is 2. The fourth-order valence-corrected chi connectivity index (χ4v) is 3.13. The zero-order valence-corrected chi connectivity index (χ0v) is 12.9. The quantitative estimate of drug-likeness (QED) is 0.842. The van der Waals surface area contributed by atoms with Gasteiger partial charge in [-0.05, 0) is 45.4 Å². The summed E-state index contributed by atoms with van der Waals surface area (Å²) in [5, 5.41) is 0. The van der Waals surface area contributed by atoms with E-state index >= 15 is 0 Å². The lowest BCUT2D eigenvalue weighted by Gasteiger charge is -2.30. The zero-order valence-electron chi connectivity index (χ0n) is 12.9. The highest BCUT2D eigenvalue weighted by atomic mass is 16.5. The molecule has 1 aromatic heterocycles. The molecule has 0 aromatic carbocycles. The first-order chi connectivity index (χ1) is 9.66. The maximum absolute atomic E-state index is 12.4. The van der Waals surface area contributed by atoms with Crippen molar-refractivity contribution in [2.24, 2.45) is 0 Å². The average molecular weight is 278 g/mol. The second-order valence-corrected chi connectivity index (χ2v) is 5.53. The minimum absolute atomic E-state index is 0.0397. The van der Waals surface area contributed by atoms with Crippen LogP contribution in [0.1, 0.15) is 70.0 Å². The van der Waals surface area contributed by atoms with Crippen LogP contribution < -0.4 is 5.56 Å². The van der Waals surface area contributed by atoms with Crippen molar-refractivity contribution in [3.63, 3.8) is 0 Å². The molecule has 20 heavy (non-hydrogen) atoms. The molecule has 0 bridgehead atoms. The summed E-state index contributed by atoms with van der Waals surface area (Å²) in [6.07, 6.45) is 6.82. The van der Waals surface area contributed by atoms with Gasteiger partial charge in [0, 0.05) is 12.2 Å². The predicted octanol–water partition coefficient (Wildman–Crippen LogP) is 3.09. The number of fused-ring (bicyclic) bond motifs is 1. The van der Waals surface area contributed by atoms with E-state index in [1.54, 1.807) is 0 Å². The van der Waals surface area contributed by atoms with Gasteiger partial charge in [0.25, 0.3) is 5.56 Å². The summed E-state index contributed by atoms with van der Waals surface area (Å²) in [4.78, 5) is 20.2. The first-order valence-electron chi connectivity index (χ1n) is 7.93. The Morgan fingerprint density at radius 3 is 2.50 bits per heavy atom. The van der Waals surface area contributed by atoms with Gasteiger partial charge in [-0.15, -0.1) is 0 Å². The summed E-state index contributed by atoms with van der Waals surface area (Å²) in [5.74, 6) is 0.718. The second kappa shape index (κ2) is 6.53. The molecule has 4 heteroatoms. The molecule has 0 radical (unpaired) electrons. The van der Waals surface area contributed by atoms with E-state index in [0.717, 1.165) is 55.6 Å². The first-order valence-corrected chi connectivity index (χ1v) is 7.93. The van der Waals surface area contributed by atoms with Crippen LogP contribution in [0, 0.1) is 0 Å². The third-order valence-corrected chi connectivity index (χ3v) is 4.44. The Morgan fingerprint density at radius 1 is 1.15 bits per heavy atom. The maximum Gasteiger partial charge on any atom is 0.254 e. The van der Waals surface area contributed by atoms with Crippen LogP contribution in [0.15, 0.2) is 4.79 Å². The molecular weight excluding hydrogens is 252 g/mol. The molecule has 1 aliphatic carbocycles. The number of H-pyrrole nitrogens is 1. The first kappa shape index (κ1) is 15.2. The van der Waals surface area contributed by atoms with Gasteiger partial charge in [-0.1, -0.05) is 20.3 Å². The molecule has 0 saturated heterocycles. The number of rotatable bonds is 5. The summed E-state index contributed by atoms with van der Waals surface area (Å²) in [5.41, 5.74) is 1.48. The Kier molecular flexibility index (Phi) is 4.97. The van der Waals surface area contributed by atoms with E-state index in [4.69, 9.17) is 9.72 Å². The Morgan fingerprint density at radius 2 is 1.85 bits per heavy atom. The Balaban J connectivity index is 2.49. The lowest BCUT2D eigenvalue weighted by molar-refractivity contribution is -0.0574. The Hall–Kier alpha value is -1.16. The highest BCUT2D eigenvalue weighted by Crippen LogP contribution is 2.30. The standard InChI is InChI=1S/C16H26N2O2/c1-4-16(5-2,20-6-3)15-17-13-11-9-7-8-10-12(13)14(19)18-15/h4-11H2,1-3H3,(H,17,18,19). The molecule has 0 amide bonds. The third-order valence-electron chi connectivity index (χ3n) is 4.44. The van der Waals surface area contributed by atoms with Crippen molar-refractivity contribution in [1.82, 2.24) is 9.97 Å². The molecular formula is C16H26N2O2. The zero-order chi connectivity index (χ0) is 14.6. The second-order valence-electron chi connectivity index (χ2n) is 5.53. The van der Waals surface area contributed by atoms with Crippen LogP contribution >= 0.6 is 0 Å². The number of aryl methyl sites for hydroxylation is 1. The fourth-order valence-electron chi connectivity index (χ4n) is 3.13. The predicted molar refractivity (Wildman–Crippen MR) is 80.0 cm³/mol. The third kappa shape index (κ3) is 2.80. The van der Waals surface area contributed by atoms with E-state index in [1.807, 2.05) is 6.92 Å².